The third-order valence-corrected chi connectivity index (χ3v) is 1.72. The van der Waals surface area contributed by atoms with Gasteiger partial charge in [-0.2, -0.15) is 0 Å². The van der Waals surface area contributed by atoms with E-state index in [9.17, 15) is 4.79 Å². The summed E-state index contributed by atoms with van der Waals surface area (Å²) in [5, 5.41) is 3.11. The maximum atomic E-state index is 10.8. The molecule has 0 saturated carbocycles. The first-order chi connectivity index (χ1) is 4.34. The quantitative estimate of drug-likeness (QED) is 0.508. The molecule has 1 saturated heterocycles. The van der Waals surface area contributed by atoms with Crippen molar-refractivity contribution in [1.29, 1.82) is 0 Å². The molecule has 1 heterocycles. The van der Waals surface area contributed by atoms with Gasteiger partial charge in [0.05, 0.1) is 6.54 Å². The Hall–Kier alpha value is -0.410. The lowest BCUT2D eigenvalue weighted by atomic mass is 10.0. The smallest absolute Gasteiger partial charge is 0.150 e. The first-order valence-electron chi connectivity index (χ1n) is 3.28. The van der Waals surface area contributed by atoms with Crippen molar-refractivity contribution in [1.82, 2.24) is 5.32 Å². The van der Waals surface area contributed by atoms with Crippen molar-refractivity contribution in [2.24, 2.45) is 11.7 Å². The van der Waals surface area contributed by atoms with Crippen LogP contribution in [0.25, 0.3) is 0 Å². The molecule has 9 heavy (non-hydrogen) atoms. The first-order valence-corrected chi connectivity index (χ1v) is 3.28. The van der Waals surface area contributed by atoms with Crippen molar-refractivity contribution in [3.63, 3.8) is 0 Å². The number of Topliss-reactive ketones (excluding diaryl/α,β-unsaturated/α-hetero) is 1. The highest BCUT2D eigenvalue weighted by molar-refractivity contribution is 5.83. The lowest BCUT2D eigenvalue weighted by Crippen LogP contribution is -2.24. The Balaban J connectivity index is 2.32. The van der Waals surface area contributed by atoms with Crippen LogP contribution in [0.2, 0.25) is 0 Å². The van der Waals surface area contributed by atoms with Crippen molar-refractivity contribution in [2.45, 2.75) is 6.42 Å². The van der Waals surface area contributed by atoms with Crippen LogP contribution in [0.1, 0.15) is 6.42 Å². The molecule has 1 fully saturated rings. The molecule has 3 nitrogen and oxygen atoms in total. The summed E-state index contributed by atoms with van der Waals surface area (Å²) >= 11 is 0. The number of nitrogens with two attached hydrogens (primary N) is 1. The molecule has 3 N–H and O–H groups in total. The molecule has 1 rings (SSSR count). The number of nitrogens with one attached hydrogen (secondary N) is 1. The summed E-state index contributed by atoms with van der Waals surface area (Å²) in [5.74, 6) is 0.398. The van der Waals surface area contributed by atoms with E-state index < -0.39 is 0 Å². The highest BCUT2D eigenvalue weighted by atomic mass is 16.1. The Labute approximate surface area is 54.6 Å². The van der Waals surface area contributed by atoms with E-state index in [1.165, 1.54) is 0 Å². The Morgan fingerprint density at radius 1 is 1.78 bits per heavy atom. The summed E-state index contributed by atoms with van der Waals surface area (Å²) in [7, 11) is 0. The van der Waals surface area contributed by atoms with Gasteiger partial charge in [0, 0.05) is 12.5 Å². The van der Waals surface area contributed by atoms with Crippen molar-refractivity contribution in [3.05, 3.63) is 0 Å². The lowest BCUT2D eigenvalue weighted by molar-refractivity contribution is -0.120. The van der Waals surface area contributed by atoms with E-state index >= 15 is 0 Å². The fraction of sp³-hybridized carbons (Fsp3) is 0.833. The van der Waals surface area contributed by atoms with Crippen molar-refractivity contribution < 1.29 is 4.79 Å². The predicted molar refractivity (Wildman–Crippen MR) is 35.0 cm³/mol. The molecule has 0 amide bonds. The zero-order valence-electron chi connectivity index (χ0n) is 5.39. The number of hydrogen-bond donors (Lipinski definition) is 2. The highest BCUT2D eigenvalue weighted by Gasteiger charge is 2.20. The van der Waals surface area contributed by atoms with Gasteiger partial charge in [0.25, 0.3) is 0 Å². The minimum atomic E-state index is 0.194. The van der Waals surface area contributed by atoms with Crippen LogP contribution in [-0.4, -0.2) is 25.4 Å². The maximum absolute atomic E-state index is 10.8. The van der Waals surface area contributed by atoms with Crippen LogP contribution in [0.15, 0.2) is 0 Å². The van der Waals surface area contributed by atoms with Gasteiger partial charge in [0.2, 0.25) is 0 Å². The first kappa shape index (κ1) is 6.71. The SMILES string of the molecule is NCC(=O)[C@H]1CCNC1. The summed E-state index contributed by atoms with van der Waals surface area (Å²) in [6.45, 7) is 2.00. The minimum Gasteiger partial charge on any atom is -0.324 e. The molecule has 0 aromatic heterocycles. The largest absolute Gasteiger partial charge is 0.324 e. The van der Waals surface area contributed by atoms with Gasteiger partial charge in [0.1, 0.15) is 0 Å². The molecule has 0 aliphatic carbocycles. The van der Waals surface area contributed by atoms with Gasteiger partial charge >= 0.3 is 0 Å². The van der Waals surface area contributed by atoms with E-state index in [-0.39, 0.29) is 18.2 Å². The van der Waals surface area contributed by atoms with Crippen LogP contribution in [0, 0.1) is 5.92 Å². The summed E-state index contributed by atoms with van der Waals surface area (Å²) < 4.78 is 0. The monoisotopic (exact) mass is 128 g/mol. The van der Waals surface area contributed by atoms with E-state index in [1.54, 1.807) is 0 Å². The number of carbonyl (C=O) groups is 1. The fourth-order valence-electron chi connectivity index (χ4n) is 1.10. The zero-order chi connectivity index (χ0) is 6.69. The fourth-order valence-corrected chi connectivity index (χ4v) is 1.10. The van der Waals surface area contributed by atoms with E-state index in [0.29, 0.717) is 0 Å². The third-order valence-electron chi connectivity index (χ3n) is 1.72. The normalized spacial score (nSPS) is 26.6. The molecule has 0 aromatic rings. The van der Waals surface area contributed by atoms with E-state index in [0.717, 1.165) is 19.5 Å². The Morgan fingerprint density at radius 3 is 3.00 bits per heavy atom. The van der Waals surface area contributed by atoms with Gasteiger partial charge in [-0.25, -0.2) is 0 Å². The average Bonchev–Trinajstić information content (AvgIpc) is 2.37. The van der Waals surface area contributed by atoms with Gasteiger partial charge in [-0.1, -0.05) is 0 Å². The van der Waals surface area contributed by atoms with Gasteiger partial charge in [-0.15, -0.1) is 0 Å². The zero-order valence-corrected chi connectivity index (χ0v) is 5.39. The number of carbonyl (C=O) groups excluding carboxylic acids is 1. The molecule has 1 aliphatic rings. The van der Waals surface area contributed by atoms with Crippen LogP contribution in [-0.2, 0) is 4.79 Å². The number of ketones is 1. The molecular formula is C6H12N2O. The summed E-state index contributed by atoms with van der Waals surface area (Å²) in [6.07, 6.45) is 0.968. The highest BCUT2D eigenvalue weighted by Crippen LogP contribution is 2.06. The van der Waals surface area contributed by atoms with Crippen LogP contribution >= 0.6 is 0 Å². The summed E-state index contributed by atoms with van der Waals surface area (Å²) in [6, 6.07) is 0. The molecule has 3 heteroatoms. The van der Waals surface area contributed by atoms with E-state index in [1.807, 2.05) is 0 Å². The van der Waals surface area contributed by atoms with Crippen molar-refractivity contribution in [2.75, 3.05) is 19.6 Å². The molecule has 1 atom stereocenters. The van der Waals surface area contributed by atoms with Gasteiger partial charge < -0.3 is 11.1 Å². The van der Waals surface area contributed by atoms with E-state index in [4.69, 9.17) is 5.73 Å². The molecule has 1 aliphatic heterocycles. The minimum absolute atomic E-state index is 0.194. The van der Waals surface area contributed by atoms with Gasteiger partial charge in [-0.05, 0) is 13.0 Å². The second-order valence-corrected chi connectivity index (χ2v) is 2.36. The topological polar surface area (TPSA) is 55.1 Å². The predicted octanol–water partition coefficient (Wildman–Crippen LogP) is -0.876. The molecular weight excluding hydrogens is 116 g/mol. The van der Waals surface area contributed by atoms with Crippen LogP contribution in [0.5, 0.6) is 0 Å². The van der Waals surface area contributed by atoms with Crippen LogP contribution < -0.4 is 11.1 Å². The van der Waals surface area contributed by atoms with Crippen molar-refractivity contribution in [3.8, 4) is 0 Å². The summed E-state index contributed by atoms with van der Waals surface area (Å²) in [4.78, 5) is 10.8. The Morgan fingerprint density at radius 2 is 2.56 bits per heavy atom. The van der Waals surface area contributed by atoms with Crippen LogP contribution in [0.4, 0.5) is 0 Å². The molecule has 0 radical (unpaired) electrons. The molecule has 0 spiro atoms. The second-order valence-electron chi connectivity index (χ2n) is 2.36. The third kappa shape index (κ3) is 1.50. The summed E-state index contributed by atoms with van der Waals surface area (Å²) in [5.41, 5.74) is 5.17. The van der Waals surface area contributed by atoms with E-state index in [2.05, 4.69) is 5.32 Å². The molecule has 0 unspecified atom stereocenters. The number of hydrogen-bond acceptors (Lipinski definition) is 3. The number of rotatable bonds is 2. The van der Waals surface area contributed by atoms with Gasteiger partial charge in [-0.3, -0.25) is 4.79 Å². The Bertz CT molecular complexity index is 108. The molecule has 52 valence electrons. The average molecular weight is 128 g/mol. The second kappa shape index (κ2) is 2.94. The van der Waals surface area contributed by atoms with Crippen LogP contribution in [0.3, 0.4) is 0 Å². The van der Waals surface area contributed by atoms with Crippen molar-refractivity contribution >= 4 is 5.78 Å². The molecule has 0 aromatic carbocycles. The standard InChI is InChI=1S/C6H12N2O/c7-3-6(9)5-1-2-8-4-5/h5,8H,1-4,7H2/t5-/m0/s1. The maximum Gasteiger partial charge on any atom is 0.150 e. The Kier molecular flexibility index (Phi) is 2.19. The molecule has 0 bridgehead atoms. The lowest BCUT2D eigenvalue weighted by Gasteiger charge is -2.01. The van der Waals surface area contributed by atoms with Gasteiger partial charge in [0.15, 0.2) is 5.78 Å².